The van der Waals surface area contributed by atoms with Crippen molar-refractivity contribution < 1.29 is 0 Å². The highest BCUT2D eigenvalue weighted by molar-refractivity contribution is 9.09. The van der Waals surface area contributed by atoms with Crippen molar-refractivity contribution in [3.63, 3.8) is 0 Å². The van der Waals surface area contributed by atoms with Crippen LogP contribution < -0.4 is 4.90 Å². The van der Waals surface area contributed by atoms with Gasteiger partial charge in [-0.15, -0.1) is 5.10 Å². The molecule has 0 unspecified atom stereocenters. The molecule has 0 atom stereocenters. The maximum atomic E-state index is 4.61. The minimum atomic E-state index is -0.0274. The number of anilines is 1. The zero-order valence-electron chi connectivity index (χ0n) is 11.3. The first-order valence-corrected chi connectivity index (χ1v) is 7.10. The number of alkyl halides is 1. The van der Waals surface area contributed by atoms with E-state index in [2.05, 4.69) is 63.7 Å². The number of aryl methyl sites for hydroxylation is 2. The van der Waals surface area contributed by atoms with Crippen LogP contribution in [0.15, 0.2) is 0 Å². The zero-order chi connectivity index (χ0) is 13.1. The van der Waals surface area contributed by atoms with Gasteiger partial charge < -0.3 is 4.90 Å². The summed E-state index contributed by atoms with van der Waals surface area (Å²) in [6, 6.07) is 0. The van der Waals surface area contributed by atoms with E-state index in [-0.39, 0.29) is 5.54 Å². The summed E-state index contributed by atoms with van der Waals surface area (Å²) in [6.45, 7) is 8.47. The SMILES string of the molecule is CCc1nnc(N(C)C(C)(C)CBr)nc1CC. The molecular weight excluding hydrogens is 280 g/mol. The first kappa shape index (κ1) is 14.4. The lowest BCUT2D eigenvalue weighted by Gasteiger charge is -2.33. The van der Waals surface area contributed by atoms with E-state index in [0.29, 0.717) is 5.95 Å². The molecule has 0 saturated heterocycles. The molecule has 0 spiro atoms. The molecule has 0 aliphatic carbocycles. The van der Waals surface area contributed by atoms with E-state index in [4.69, 9.17) is 0 Å². The van der Waals surface area contributed by atoms with E-state index in [1.807, 2.05) is 7.05 Å². The van der Waals surface area contributed by atoms with E-state index >= 15 is 0 Å². The third-order valence-electron chi connectivity index (χ3n) is 3.03. The topological polar surface area (TPSA) is 41.9 Å². The normalized spacial score (nSPS) is 11.6. The van der Waals surface area contributed by atoms with Gasteiger partial charge in [0.1, 0.15) is 0 Å². The van der Waals surface area contributed by atoms with Crippen molar-refractivity contribution >= 4 is 21.9 Å². The quantitative estimate of drug-likeness (QED) is 0.784. The Morgan fingerprint density at radius 1 is 1.12 bits per heavy atom. The predicted molar refractivity (Wildman–Crippen MR) is 74.9 cm³/mol. The Hall–Kier alpha value is -0.710. The second-order valence-corrected chi connectivity index (χ2v) is 5.28. The lowest BCUT2D eigenvalue weighted by atomic mass is 10.1. The number of nitrogens with zero attached hydrogens (tertiary/aromatic N) is 4. The molecule has 17 heavy (non-hydrogen) atoms. The van der Waals surface area contributed by atoms with Crippen LogP contribution in [-0.2, 0) is 12.8 Å². The molecule has 0 aromatic carbocycles. The van der Waals surface area contributed by atoms with E-state index in [0.717, 1.165) is 29.6 Å². The van der Waals surface area contributed by atoms with Gasteiger partial charge in [-0.2, -0.15) is 5.10 Å². The summed E-state index contributed by atoms with van der Waals surface area (Å²) >= 11 is 3.51. The molecule has 4 nitrogen and oxygen atoms in total. The van der Waals surface area contributed by atoms with Crippen LogP contribution in [-0.4, -0.2) is 33.1 Å². The number of hydrogen-bond donors (Lipinski definition) is 0. The first-order chi connectivity index (χ1) is 7.96. The molecule has 1 heterocycles. The van der Waals surface area contributed by atoms with Crippen LogP contribution >= 0.6 is 15.9 Å². The summed E-state index contributed by atoms with van der Waals surface area (Å²) < 4.78 is 0. The third kappa shape index (κ3) is 3.15. The van der Waals surface area contributed by atoms with Gasteiger partial charge in [-0.3, -0.25) is 0 Å². The molecule has 0 amide bonds. The molecule has 0 N–H and O–H groups in total. The minimum Gasteiger partial charge on any atom is -0.337 e. The highest BCUT2D eigenvalue weighted by Gasteiger charge is 2.25. The third-order valence-corrected chi connectivity index (χ3v) is 4.41. The molecule has 1 aromatic heterocycles. The van der Waals surface area contributed by atoms with Crippen LogP contribution in [0.1, 0.15) is 39.1 Å². The molecule has 1 rings (SSSR count). The first-order valence-electron chi connectivity index (χ1n) is 5.98. The molecule has 0 aliphatic rings. The fourth-order valence-corrected chi connectivity index (χ4v) is 1.81. The fourth-order valence-electron chi connectivity index (χ4n) is 1.43. The van der Waals surface area contributed by atoms with Crippen molar-refractivity contribution in [2.75, 3.05) is 17.3 Å². The lowest BCUT2D eigenvalue weighted by Crippen LogP contribution is -2.44. The number of hydrogen-bond acceptors (Lipinski definition) is 4. The van der Waals surface area contributed by atoms with E-state index < -0.39 is 0 Å². The Morgan fingerprint density at radius 3 is 2.18 bits per heavy atom. The van der Waals surface area contributed by atoms with Gasteiger partial charge >= 0.3 is 0 Å². The number of halogens is 1. The second kappa shape index (κ2) is 5.76. The number of rotatable bonds is 5. The summed E-state index contributed by atoms with van der Waals surface area (Å²) in [6.07, 6.45) is 1.78. The molecule has 0 saturated carbocycles. The molecule has 0 radical (unpaired) electrons. The maximum Gasteiger partial charge on any atom is 0.245 e. The lowest BCUT2D eigenvalue weighted by molar-refractivity contribution is 0.535. The highest BCUT2D eigenvalue weighted by Crippen LogP contribution is 2.20. The fraction of sp³-hybridized carbons (Fsp3) is 0.750. The predicted octanol–water partition coefficient (Wildman–Crippen LogP) is 2.61. The molecule has 0 aliphatic heterocycles. The van der Waals surface area contributed by atoms with Gasteiger partial charge in [0.15, 0.2) is 0 Å². The Morgan fingerprint density at radius 2 is 1.71 bits per heavy atom. The van der Waals surface area contributed by atoms with Crippen molar-refractivity contribution in [1.29, 1.82) is 0 Å². The van der Waals surface area contributed by atoms with Crippen molar-refractivity contribution in [3.05, 3.63) is 11.4 Å². The molecule has 0 fully saturated rings. The van der Waals surface area contributed by atoms with Crippen molar-refractivity contribution in [2.24, 2.45) is 0 Å². The van der Waals surface area contributed by atoms with Crippen LogP contribution in [0.5, 0.6) is 0 Å². The van der Waals surface area contributed by atoms with Crippen molar-refractivity contribution in [2.45, 2.75) is 46.1 Å². The van der Waals surface area contributed by atoms with Crippen LogP contribution in [0.3, 0.4) is 0 Å². The van der Waals surface area contributed by atoms with Crippen LogP contribution in [0.4, 0.5) is 5.95 Å². The van der Waals surface area contributed by atoms with Gasteiger partial charge in [-0.1, -0.05) is 29.8 Å². The summed E-state index contributed by atoms with van der Waals surface area (Å²) in [5.41, 5.74) is 2.02. The average Bonchev–Trinajstić information content (AvgIpc) is 2.36. The van der Waals surface area contributed by atoms with E-state index in [1.54, 1.807) is 0 Å². The van der Waals surface area contributed by atoms with Gasteiger partial charge in [-0.05, 0) is 26.7 Å². The van der Waals surface area contributed by atoms with Gasteiger partial charge in [0.25, 0.3) is 0 Å². The number of aromatic nitrogens is 3. The average molecular weight is 301 g/mol. The molecule has 0 bridgehead atoms. The van der Waals surface area contributed by atoms with E-state index in [1.165, 1.54) is 0 Å². The van der Waals surface area contributed by atoms with Gasteiger partial charge in [0.05, 0.1) is 11.4 Å². The molecule has 1 aromatic rings. The second-order valence-electron chi connectivity index (χ2n) is 4.72. The smallest absolute Gasteiger partial charge is 0.245 e. The summed E-state index contributed by atoms with van der Waals surface area (Å²) in [5, 5.41) is 9.34. The maximum absolute atomic E-state index is 4.61. The van der Waals surface area contributed by atoms with Crippen LogP contribution in [0.25, 0.3) is 0 Å². The van der Waals surface area contributed by atoms with Crippen molar-refractivity contribution in [1.82, 2.24) is 15.2 Å². The monoisotopic (exact) mass is 300 g/mol. The van der Waals surface area contributed by atoms with Gasteiger partial charge in [0.2, 0.25) is 5.95 Å². The summed E-state index contributed by atoms with van der Waals surface area (Å²) in [5.74, 6) is 0.698. The Bertz CT molecular complexity index is 379. The highest BCUT2D eigenvalue weighted by atomic mass is 79.9. The molecule has 5 heteroatoms. The van der Waals surface area contributed by atoms with E-state index in [9.17, 15) is 0 Å². The van der Waals surface area contributed by atoms with Gasteiger partial charge in [0, 0.05) is 17.9 Å². The van der Waals surface area contributed by atoms with Gasteiger partial charge in [-0.25, -0.2) is 4.98 Å². The summed E-state index contributed by atoms with van der Waals surface area (Å²) in [7, 11) is 2.00. The minimum absolute atomic E-state index is 0.0274. The summed E-state index contributed by atoms with van der Waals surface area (Å²) in [4.78, 5) is 6.67. The Kier molecular flexibility index (Phi) is 4.86. The van der Waals surface area contributed by atoms with Crippen molar-refractivity contribution in [3.8, 4) is 0 Å². The molecular formula is C12H21BrN4. The Labute approximate surface area is 112 Å². The Balaban J connectivity index is 3.07. The largest absolute Gasteiger partial charge is 0.337 e. The molecule has 96 valence electrons. The van der Waals surface area contributed by atoms with Crippen LogP contribution in [0, 0.1) is 0 Å². The van der Waals surface area contributed by atoms with Crippen LogP contribution in [0.2, 0.25) is 0 Å². The standard InChI is InChI=1S/C12H21BrN4/c1-6-9-10(7-2)15-16-11(14-9)17(5)12(3,4)8-13/h6-8H2,1-5H3. The zero-order valence-corrected chi connectivity index (χ0v) is 12.9.